The van der Waals surface area contributed by atoms with Gasteiger partial charge in [-0.3, -0.25) is 9.59 Å². The van der Waals surface area contributed by atoms with E-state index in [0.717, 1.165) is 29.7 Å². The fourth-order valence-corrected chi connectivity index (χ4v) is 5.17. The first-order valence-corrected chi connectivity index (χ1v) is 10.1. The number of carbonyl (C=O) groups excluding carboxylic acids is 1. The predicted molar refractivity (Wildman–Crippen MR) is 110 cm³/mol. The van der Waals surface area contributed by atoms with Crippen LogP contribution in [0.2, 0.25) is 10.0 Å². The molecule has 2 aromatic heterocycles. The molecular weight excluding hydrogens is 407 g/mol. The van der Waals surface area contributed by atoms with Gasteiger partial charge in [-0.1, -0.05) is 30.1 Å². The number of hydrogen-bond donors (Lipinski definition) is 3. The van der Waals surface area contributed by atoms with Crippen LogP contribution in [0, 0.1) is 5.92 Å². The summed E-state index contributed by atoms with van der Waals surface area (Å²) in [6.07, 6.45) is 2.76. The van der Waals surface area contributed by atoms with Gasteiger partial charge in [0.05, 0.1) is 15.4 Å². The minimum absolute atomic E-state index is 0.265. The highest BCUT2D eigenvalue weighted by atomic mass is 35.5. The fourth-order valence-electron chi connectivity index (χ4n) is 3.47. The van der Waals surface area contributed by atoms with Crippen LogP contribution in [0.15, 0.2) is 23.0 Å². The largest absolute Gasteiger partial charge is 0.506 e. The monoisotopic (exact) mass is 422 g/mol. The quantitative estimate of drug-likeness (QED) is 0.544. The second-order valence-corrected chi connectivity index (χ2v) is 8.74. The van der Waals surface area contributed by atoms with Crippen LogP contribution in [0.5, 0.6) is 5.75 Å². The van der Waals surface area contributed by atoms with Crippen molar-refractivity contribution in [3.63, 3.8) is 0 Å². The molecule has 0 saturated carbocycles. The van der Waals surface area contributed by atoms with Crippen LogP contribution in [0.3, 0.4) is 0 Å². The van der Waals surface area contributed by atoms with Crippen LogP contribution in [-0.2, 0) is 12.8 Å². The van der Waals surface area contributed by atoms with Crippen LogP contribution in [0.4, 0.5) is 5.69 Å². The number of aromatic amines is 1. The Kier molecular flexibility index (Phi) is 4.66. The van der Waals surface area contributed by atoms with Gasteiger partial charge < -0.3 is 15.4 Å². The van der Waals surface area contributed by atoms with Crippen molar-refractivity contribution in [2.75, 3.05) is 5.32 Å². The molecule has 0 aliphatic heterocycles. The Hall–Kier alpha value is -2.02. The van der Waals surface area contributed by atoms with Gasteiger partial charge in [0.1, 0.15) is 16.1 Å². The van der Waals surface area contributed by atoms with E-state index in [1.807, 2.05) is 0 Å². The minimum atomic E-state index is -0.696. The number of carbonyl (C=O) groups is 1. The molecule has 3 N–H and O–H groups in total. The summed E-state index contributed by atoms with van der Waals surface area (Å²) in [5, 5.41) is 14.6. The molecule has 0 fully saturated rings. The molecule has 2 heterocycles. The number of nitrogens with one attached hydrogen (secondary N) is 2. The first-order chi connectivity index (χ1) is 12.8. The van der Waals surface area contributed by atoms with E-state index < -0.39 is 11.5 Å². The van der Waals surface area contributed by atoms with E-state index in [4.69, 9.17) is 23.2 Å². The third-order valence-corrected chi connectivity index (χ3v) is 6.75. The summed E-state index contributed by atoms with van der Waals surface area (Å²) < 4.78 is 0. The maximum absolute atomic E-state index is 12.7. The number of H-pyrrole nitrogens is 1. The number of amides is 1. The average Bonchev–Trinajstić information content (AvgIpc) is 2.95. The van der Waals surface area contributed by atoms with Crippen molar-refractivity contribution in [3.05, 3.63) is 54.6 Å². The molecule has 8 heteroatoms. The number of thiophene rings is 1. The SMILES string of the molecule is CC1CCc2c(sc3[nH]c(=O)c(C(=O)Nc4ccc(Cl)c(Cl)c4)c(O)c23)C1. The van der Waals surface area contributed by atoms with E-state index in [9.17, 15) is 14.7 Å². The molecule has 0 saturated heterocycles. The van der Waals surface area contributed by atoms with Crippen LogP contribution in [-0.4, -0.2) is 16.0 Å². The standard InChI is InChI=1S/C19H16Cl2N2O3S/c1-8-2-4-10-13(6-8)27-19-14(10)16(24)15(18(26)23-19)17(25)22-9-3-5-11(20)12(21)7-9/h3,5,7-8H,2,4,6H2,1H3,(H,22,25)(H2,23,24,26). The van der Waals surface area contributed by atoms with Gasteiger partial charge in [-0.25, -0.2) is 0 Å². The second kappa shape index (κ2) is 6.86. The fraction of sp³-hybridized carbons (Fsp3) is 0.263. The Morgan fingerprint density at radius 2 is 2.11 bits per heavy atom. The average molecular weight is 423 g/mol. The highest BCUT2D eigenvalue weighted by Crippen LogP contribution is 2.41. The lowest BCUT2D eigenvalue weighted by atomic mass is 9.89. The Morgan fingerprint density at radius 3 is 2.85 bits per heavy atom. The van der Waals surface area contributed by atoms with Gasteiger partial charge in [-0.2, -0.15) is 0 Å². The Balaban J connectivity index is 1.78. The Bertz CT molecular complexity index is 1140. The van der Waals surface area contributed by atoms with E-state index >= 15 is 0 Å². The van der Waals surface area contributed by atoms with Crippen molar-refractivity contribution >= 4 is 56.3 Å². The molecule has 1 atom stereocenters. The maximum atomic E-state index is 12.7. The molecule has 1 aliphatic carbocycles. The summed E-state index contributed by atoms with van der Waals surface area (Å²) in [4.78, 5) is 29.7. The molecule has 3 aromatic rings. The number of rotatable bonds is 2. The van der Waals surface area contributed by atoms with Crippen LogP contribution in [0.1, 0.15) is 34.1 Å². The number of aryl methyl sites for hydroxylation is 1. The number of fused-ring (bicyclic) bond motifs is 3. The number of aromatic hydroxyl groups is 1. The van der Waals surface area contributed by atoms with Crippen LogP contribution < -0.4 is 10.9 Å². The summed E-state index contributed by atoms with van der Waals surface area (Å²) in [6.45, 7) is 2.19. The zero-order valence-corrected chi connectivity index (χ0v) is 16.7. The number of anilines is 1. The summed E-state index contributed by atoms with van der Waals surface area (Å²) >= 11 is 13.3. The van der Waals surface area contributed by atoms with E-state index in [-0.39, 0.29) is 16.3 Å². The summed E-state index contributed by atoms with van der Waals surface area (Å²) in [6, 6.07) is 4.60. The van der Waals surface area contributed by atoms with E-state index in [2.05, 4.69) is 17.2 Å². The van der Waals surface area contributed by atoms with Crippen molar-refractivity contribution in [1.29, 1.82) is 0 Å². The summed E-state index contributed by atoms with van der Waals surface area (Å²) in [5.74, 6) is -0.395. The third kappa shape index (κ3) is 3.22. The molecule has 140 valence electrons. The Morgan fingerprint density at radius 1 is 1.33 bits per heavy atom. The summed E-state index contributed by atoms with van der Waals surface area (Å²) in [7, 11) is 0. The lowest BCUT2D eigenvalue weighted by molar-refractivity contribution is 0.102. The molecule has 1 amide bonds. The topological polar surface area (TPSA) is 82.2 Å². The third-order valence-electron chi connectivity index (χ3n) is 4.84. The van der Waals surface area contributed by atoms with Gasteiger partial charge in [0.2, 0.25) is 0 Å². The van der Waals surface area contributed by atoms with Gasteiger partial charge >= 0.3 is 0 Å². The molecule has 0 radical (unpaired) electrons. The van der Waals surface area contributed by atoms with Gasteiger partial charge in [0.15, 0.2) is 0 Å². The van der Waals surface area contributed by atoms with Gasteiger partial charge in [0, 0.05) is 10.6 Å². The first-order valence-electron chi connectivity index (χ1n) is 8.51. The molecule has 1 unspecified atom stereocenters. The number of halogens is 2. The molecule has 27 heavy (non-hydrogen) atoms. The first kappa shape index (κ1) is 18.3. The van der Waals surface area contributed by atoms with Gasteiger partial charge in [-0.15, -0.1) is 11.3 Å². The normalized spacial score (nSPS) is 16.3. The highest BCUT2D eigenvalue weighted by Gasteiger charge is 2.27. The lowest BCUT2D eigenvalue weighted by Gasteiger charge is -2.18. The Labute approximate surface area is 168 Å². The van der Waals surface area contributed by atoms with E-state index in [1.165, 1.54) is 17.4 Å². The minimum Gasteiger partial charge on any atom is -0.506 e. The van der Waals surface area contributed by atoms with Crippen molar-refractivity contribution in [2.24, 2.45) is 5.92 Å². The predicted octanol–water partition coefficient (Wildman–Crippen LogP) is 4.98. The van der Waals surface area contributed by atoms with Crippen molar-refractivity contribution in [3.8, 4) is 5.75 Å². The zero-order chi connectivity index (χ0) is 19.3. The zero-order valence-electron chi connectivity index (χ0n) is 14.4. The smallest absolute Gasteiger partial charge is 0.265 e. The second-order valence-electron chi connectivity index (χ2n) is 6.82. The van der Waals surface area contributed by atoms with Gasteiger partial charge in [0.25, 0.3) is 11.5 Å². The number of hydrogen-bond acceptors (Lipinski definition) is 4. The molecule has 4 rings (SSSR count). The lowest BCUT2D eigenvalue weighted by Crippen LogP contribution is -2.23. The van der Waals surface area contributed by atoms with Crippen molar-refractivity contribution in [2.45, 2.75) is 26.2 Å². The van der Waals surface area contributed by atoms with Crippen LogP contribution >= 0.6 is 34.5 Å². The van der Waals surface area contributed by atoms with Crippen molar-refractivity contribution in [1.82, 2.24) is 4.98 Å². The van der Waals surface area contributed by atoms with E-state index in [1.54, 1.807) is 12.1 Å². The highest BCUT2D eigenvalue weighted by molar-refractivity contribution is 7.18. The molecule has 5 nitrogen and oxygen atoms in total. The number of benzene rings is 1. The molecular formula is C19H16Cl2N2O3S. The van der Waals surface area contributed by atoms with E-state index in [0.29, 0.717) is 26.8 Å². The maximum Gasteiger partial charge on any atom is 0.265 e. The summed E-state index contributed by atoms with van der Waals surface area (Å²) in [5.41, 5.74) is 0.497. The van der Waals surface area contributed by atoms with Crippen LogP contribution in [0.25, 0.3) is 10.2 Å². The number of aromatic nitrogens is 1. The molecule has 1 aromatic carbocycles. The molecule has 0 spiro atoms. The molecule has 0 bridgehead atoms. The number of pyridine rings is 1. The molecule has 1 aliphatic rings. The van der Waals surface area contributed by atoms with Gasteiger partial charge in [-0.05, 0) is 48.9 Å². The van der Waals surface area contributed by atoms with Crippen molar-refractivity contribution < 1.29 is 9.90 Å².